The molecule has 1 aromatic carbocycles. The van der Waals surface area contributed by atoms with Crippen molar-refractivity contribution in [1.29, 1.82) is 0 Å². The van der Waals surface area contributed by atoms with E-state index in [9.17, 15) is 14.9 Å². The number of piperidine rings is 1. The third kappa shape index (κ3) is 3.84. The van der Waals surface area contributed by atoms with Crippen molar-refractivity contribution in [2.24, 2.45) is 11.8 Å². The first-order chi connectivity index (χ1) is 10.4. The summed E-state index contributed by atoms with van der Waals surface area (Å²) in [5.74, 6) is -0.0877. The van der Waals surface area contributed by atoms with Gasteiger partial charge in [-0.05, 0) is 36.0 Å². The maximum absolute atomic E-state index is 11.4. The molecule has 1 aliphatic rings. The summed E-state index contributed by atoms with van der Waals surface area (Å²) in [6.07, 6.45) is 3.47. The Bertz CT molecular complexity index is 602. The van der Waals surface area contributed by atoms with Crippen LogP contribution in [0.15, 0.2) is 24.3 Å². The van der Waals surface area contributed by atoms with Gasteiger partial charge in [0.15, 0.2) is 0 Å². The predicted molar refractivity (Wildman–Crippen MR) is 84.9 cm³/mol. The summed E-state index contributed by atoms with van der Waals surface area (Å²) in [6.45, 7) is 5.90. The largest absolute Gasteiger partial charge is 0.478 e. The van der Waals surface area contributed by atoms with E-state index >= 15 is 0 Å². The Morgan fingerprint density at radius 2 is 2.00 bits per heavy atom. The van der Waals surface area contributed by atoms with E-state index in [0.717, 1.165) is 25.6 Å². The molecule has 0 saturated carbocycles. The normalized spacial score (nSPS) is 22.0. The molecule has 1 N–H and O–H groups in total. The molecule has 2 rings (SSSR count). The first-order valence-corrected chi connectivity index (χ1v) is 7.31. The molecule has 118 valence electrons. The lowest BCUT2D eigenvalue weighted by Gasteiger charge is -2.36. The van der Waals surface area contributed by atoms with Crippen LogP contribution in [0, 0.1) is 22.0 Å². The molecule has 0 amide bonds. The van der Waals surface area contributed by atoms with Gasteiger partial charge in [0.1, 0.15) is 5.69 Å². The van der Waals surface area contributed by atoms with E-state index in [2.05, 4.69) is 18.7 Å². The average Bonchev–Trinajstić information content (AvgIpc) is 2.43. The van der Waals surface area contributed by atoms with Gasteiger partial charge in [-0.15, -0.1) is 0 Å². The molecule has 0 radical (unpaired) electrons. The zero-order valence-corrected chi connectivity index (χ0v) is 12.7. The molecule has 1 saturated heterocycles. The number of aliphatic carboxylic acids is 1. The molecule has 1 aromatic rings. The van der Waals surface area contributed by atoms with E-state index in [1.165, 1.54) is 12.1 Å². The lowest BCUT2D eigenvalue weighted by molar-refractivity contribution is -0.384. The predicted octanol–water partition coefficient (Wildman–Crippen LogP) is 3.17. The first-order valence-electron chi connectivity index (χ1n) is 7.31. The van der Waals surface area contributed by atoms with Crippen LogP contribution in [-0.4, -0.2) is 29.1 Å². The van der Waals surface area contributed by atoms with Gasteiger partial charge in [0.05, 0.1) is 4.92 Å². The molecular formula is C16H20N2O4. The van der Waals surface area contributed by atoms with Gasteiger partial charge in [-0.25, -0.2) is 4.79 Å². The molecule has 22 heavy (non-hydrogen) atoms. The topological polar surface area (TPSA) is 83.7 Å². The standard InChI is InChI=1S/C16H20N2O4/c1-11-7-12(2)10-17(9-11)14-5-3-13(4-6-16(19)20)8-15(14)18(21)22/h3-6,8,11-12H,7,9-10H2,1-2H3,(H,19,20)/b6-4+. The molecule has 0 aliphatic carbocycles. The molecule has 2 unspecified atom stereocenters. The number of nitro groups is 1. The van der Waals surface area contributed by atoms with Crippen molar-refractivity contribution in [3.63, 3.8) is 0 Å². The summed E-state index contributed by atoms with van der Waals surface area (Å²) in [7, 11) is 0. The highest BCUT2D eigenvalue weighted by Gasteiger charge is 2.26. The number of nitro benzene ring substituents is 1. The van der Waals surface area contributed by atoms with Crippen LogP contribution in [0.25, 0.3) is 6.08 Å². The Hall–Kier alpha value is -2.37. The Kier molecular flexibility index (Phi) is 4.80. The minimum Gasteiger partial charge on any atom is -0.478 e. The summed E-state index contributed by atoms with van der Waals surface area (Å²) < 4.78 is 0. The zero-order valence-electron chi connectivity index (χ0n) is 12.7. The molecule has 0 aromatic heterocycles. The van der Waals surface area contributed by atoms with Gasteiger partial charge < -0.3 is 10.0 Å². The Morgan fingerprint density at radius 3 is 2.55 bits per heavy atom. The fourth-order valence-corrected chi connectivity index (χ4v) is 3.08. The van der Waals surface area contributed by atoms with Crippen LogP contribution in [-0.2, 0) is 4.79 Å². The lowest BCUT2D eigenvalue weighted by atomic mass is 9.91. The highest BCUT2D eigenvalue weighted by atomic mass is 16.6. The fourth-order valence-electron chi connectivity index (χ4n) is 3.08. The van der Waals surface area contributed by atoms with Gasteiger partial charge in [0.2, 0.25) is 0 Å². The van der Waals surface area contributed by atoms with Crippen molar-refractivity contribution in [2.45, 2.75) is 20.3 Å². The van der Waals surface area contributed by atoms with Gasteiger partial charge in [-0.3, -0.25) is 10.1 Å². The van der Waals surface area contributed by atoms with E-state index in [0.29, 0.717) is 23.1 Å². The molecule has 1 aliphatic heterocycles. The van der Waals surface area contributed by atoms with Crippen LogP contribution in [0.2, 0.25) is 0 Å². The van der Waals surface area contributed by atoms with Crippen LogP contribution in [0.3, 0.4) is 0 Å². The highest BCUT2D eigenvalue weighted by molar-refractivity contribution is 5.85. The number of carbonyl (C=O) groups is 1. The Labute approximate surface area is 129 Å². The van der Waals surface area contributed by atoms with Gasteiger partial charge in [-0.1, -0.05) is 19.9 Å². The van der Waals surface area contributed by atoms with Crippen LogP contribution in [0.1, 0.15) is 25.8 Å². The molecular weight excluding hydrogens is 284 g/mol. The second-order valence-electron chi connectivity index (χ2n) is 6.03. The molecule has 0 spiro atoms. The second kappa shape index (κ2) is 6.60. The fraction of sp³-hybridized carbons (Fsp3) is 0.438. The summed E-state index contributed by atoms with van der Waals surface area (Å²) in [5, 5.41) is 20.0. The monoisotopic (exact) mass is 304 g/mol. The molecule has 0 bridgehead atoms. The lowest BCUT2D eigenvalue weighted by Crippen LogP contribution is -2.39. The van der Waals surface area contributed by atoms with Crippen LogP contribution in [0.5, 0.6) is 0 Å². The smallest absolute Gasteiger partial charge is 0.328 e. The molecule has 1 heterocycles. The highest BCUT2D eigenvalue weighted by Crippen LogP contribution is 2.34. The minimum absolute atomic E-state index is 0.0221. The summed E-state index contributed by atoms with van der Waals surface area (Å²) >= 11 is 0. The number of anilines is 1. The SMILES string of the molecule is CC1CC(C)CN(c2ccc(/C=C/C(=O)O)cc2[N+](=O)[O-])C1. The van der Waals surface area contributed by atoms with Crippen LogP contribution < -0.4 is 4.90 Å². The van der Waals surface area contributed by atoms with Gasteiger partial charge in [-0.2, -0.15) is 0 Å². The third-order valence-corrected chi connectivity index (χ3v) is 3.82. The third-order valence-electron chi connectivity index (χ3n) is 3.82. The first kappa shape index (κ1) is 16.0. The number of rotatable bonds is 4. The summed E-state index contributed by atoms with van der Waals surface area (Å²) in [6, 6.07) is 4.86. The van der Waals surface area contributed by atoms with Crippen molar-refractivity contribution >= 4 is 23.4 Å². The number of benzene rings is 1. The van der Waals surface area contributed by atoms with Crippen molar-refractivity contribution in [3.8, 4) is 0 Å². The second-order valence-corrected chi connectivity index (χ2v) is 6.03. The van der Waals surface area contributed by atoms with E-state index < -0.39 is 10.9 Å². The minimum atomic E-state index is -1.08. The number of carboxylic acid groups (broad SMARTS) is 1. The van der Waals surface area contributed by atoms with Crippen molar-refractivity contribution < 1.29 is 14.8 Å². The van der Waals surface area contributed by atoms with Crippen molar-refractivity contribution in [1.82, 2.24) is 0 Å². The van der Waals surface area contributed by atoms with E-state index in [1.807, 2.05) is 0 Å². The summed E-state index contributed by atoms with van der Waals surface area (Å²) in [5.41, 5.74) is 1.14. The maximum atomic E-state index is 11.4. The van der Waals surface area contributed by atoms with Gasteiger partial charge in [0, 0.05) is 25.2 Å². The van der Waals surface area contributed by atoms with Crippen LogP contribution >= 0.6 is 0 Å². The van der Waals surface area contributed by atoms with E-state index in [1.54, 1.807) is 12.1 Å². The Balaban J connectivity index is 2.35. The number of carboxylic acids is 1. The zero-order chi connectivity index (χ0) is 16.3. The quantitative estimate of drug-likeness (QED) is 0.524. The number of nitrogens with zero attached hydrogens (tertiary/aromatic N) is 2. The average molecular weight is 304 g/mol. The van der Waals surface area contributed by atoms with E-state index in [4.69, 9.17) is 5.11 Å². The molecule has 6 heteroatoms. The molecule has 2 atom stereocenters. The summed E-state index contributed by atoms with van der Waals surface area (Å²) in [4.78, 5) is 23.6. The van der Waals surface area contributed by atoms with Crippen molar-refractivity contribution in [2.75, 3.05) is 18.0 Å². The van der Waals surface area contributed by atoms with Crippen LogP contribution in [0.4, 0.5) is 11.4 Å². The van der Waals surface area contributed by atoms with Crippen molar-refractivity contribution in [3.05, 3.63) is 40.0 Å². The maximum Gasteiger partial charge on any atom is 0.328 e. The van der Waals surface area contributed by atoms with Gasteiger partial charge >= 0.3 is 5.97 Å². The Morgan fingerprint density at radius 1 is 1.36 bits per heavy atom. The number of hydrogen-bond donors (Lipinski definition) is 1. The molecule has 1 fully saturated rings. The molecule has 6 nitrogen and oxygen atoms in total. The number of hydrogen-bond acceptors (Lipinski definition) is 4. The van der Waals surface area contributed by atoms with Gasteiger partial charge in [0.25, 0.3) is 5.69 Å². The van der Waals surface area contributed by atoms with E-state index in [-0.39, 0.29) is 5.69 Å².